The van der Waals surface area contributed by atoms with Gasteiger partial charge in [0.15, 0.2) is 0 Å². The van der Waals surface area contributed by atoms with Crippen LogP contribution in [0.2, 0.25) is 0 Å². The average molecular weight is 594 g/mol. The molecule has 2 N–H and O–H groups in total. The Labute approximate surface area is 262 Å². The second-order valence-electron chi connectivity index (χ2n) is 12.8. The van der Waals surface area contributed by atoms with Crippen LogP contribution in [0.5, 0.6) is 0 Å². The Morgan fingerprint density at radius 2 is 1.67 bits per heavy atom. The number of rotatable bonds is 12. The predicted octanol–water partition coefficient (Wildman–Crippen LogP) is 8.12. The van der Waals surface area contributed by atoms with Crippen LogP contribution < -0.4 is 15.5 Å². The quantitative estimate of drug-likeness (QED) is 0.261. The van der Waals surface area contributed by atoms with E-state index in [1.54, 1.807) is 4.90 Å². The van der Waals surface area contributed by atoms with Gasteiger partial charge in [-0.2, -0.15) is 0 Å². The first-order valence-electron chi connectivity index (χ1n) is 16.4. The predicted molar refractivity (Wildman–Crippen MR) is 182 cm³/mol. The first-order chi connectivity index (χ1) is 20.4. The number of hydrogen-bond donors (Lipinski definition) is 2. The van der Waals surface area contributed by atoms with E-state index in [0.717, 1.165) is 43.4 Å². The molecule has 43 heavy (non-hydrogen) atoms. The summed E-state index contributed by atoms with van der Waals surface area (Å²) in [6.45, 7) is 20.6. The second-order valence-corrected chi connectivity index (χ2v) is 12.8. The van der Waals surface area contributed by atoms with Crippen LogP contribution in [0.1, 0.15) is 115 Å². The normalized spacial score (nSPS) is 14.1. The van der Waals surface area contributed by atoms with E-state index in [9.17, 15) is 14.4 Å². The first-order valence-corrected chi connectivity index (χ1v) is 16.4. The monoisotopic (exact) mass is 593 g/mol. The van der Waals surface area contributed by atoms with Gasteiger partial charge in [-0.3, -0.25) is 14.4 Å². The average Bonchev–Trinajstić information content (AvgIpc) is 3.41. The van der Waals surface area contributed by atoms with Gasteiger partial charge in [0, 0.05) is 43.2 Å². The summed E-state index contributed by atoms with van der Waals surface area (Å²) in [4.78, 5) is 39.5. The summed E-state index contributed by atoms with van der Waals surface area (Å²) < 4.78 is 0. The molecule has 2 unspecified atom stereocenters. The molecule has 0 aliphatic carbocycles. The van der Waals surface area contributed by atoms with Crippen molar-refractivity contribution in [2.75, 3.05) is 24.5 Å². The van der Waals surface area contributed by atoms with Gasteiger partial charge in [0.25, 0.3) is 5.91 Å². The Morgan fingerprint density at radius 1 is 1.00 bits per heavy atom. The number of carbonyl (C=O) groups excluding carboxylic acids is 3. The molecule has 1 aliphatic rings. The molecule has 2 aromatic rings. The lowest BCUT2D eigenvalue weighted by molar-refractivity contribution is -0.125. The van der Waals surface area contributed by atoms with E-state index < -0.39 is 0 Å². The highest BCUT2D eigenvalue weighted by Gasteiger charge is 2.23. The summed E-state index contributed by atoms with van der Waals surface area (Å²) >= 11 is 0. The fourth-order valence-electron chi connectivity index (χ4n) is 4.84. The number of hydrogen-bond acceptors (Lipinski definition) is 3. The minimum absolute atomic E-state index is 0.0750. The smallest absolute Gasteiger partial charge is 0.251 e. The Kier molecular flexibility index (Phi) is 17.6. The molecule has 1 fully saturated rings. The molecule has 0 aromatic heterocycles. The topological polar surface area (TPSA) is 78.5 Å². The first kappa shape index (κ1) is 37.9. The summed E-state index contributed by atoms with van der Waals surface area (Å²) in [5.74, 6) is 0.154. The van der Waals surface area contributed by atoms with Crippen molar-refractivity contribution in [3.8, 4) is 0 Å². The van der Waals surface area contributed by atoms with E-state index in [0.29, 0.717) is 38.0 Å². The summed E-state index contributed by atoms with van der Waals surface area (Å²) in [5.41, 5.74) is 4.04. The fraction of sp³-hybridized carbons (Fsp3) is 0.595. The number of anilines is 1. The summed E-state index contributed by atoms with van der Waals surface area (Å²) in [6, 6.07) is 16.1. The largest absolute Gasteiger partial charge is 0.356 e. The van der Waals surface area contributed by atoms with E-state index in [1.165, 1.54) is 5.56 Å². The molecule has 1 saturated heterocycles. The zero-order valence-corrected chi connectivity index (χ0v) is 28.5. The van der Waals surface area contributed by atoms with Gasteiger partial charge in [-0.15, -0.1) is 0 Å². The van der Waals surface area contributed by atoms with E-state index in [-0.39, 0.29) is 35.0 Å². The van der Waals surface area contributed by atoms with Gasteiger partial charge in [-0.25, -0.2) is 0 Å². The lowest BCUT2D eigenvalue weighted by atomic mass is 9.92. The van der Waals surface area contributed by atoms with Crippen LogP contribution in [-0.2, 0) is 16.0 Å². The van der Waals surface area contributed by atoms with Gasteiger partial charge in [0.1, 0.15) is 0 Å². The van der Waals surface area contributed by atoms with Gasteiger partial charge < -0.3 is 15.5 Å². The van der Waals surface area contributed by atoms with E-state index in [4.69, 9.17) is 0 Å². The molecule has 6 nitrogen and oxygen atoms in total. The van der Waals surface area contributed by atoms with Crippen LogP contribution in [0, 0.1) is 24.2 Å². The molecule has 3 amide bonds. The van der Waals surface area contributed by atoms with Crippen molar-refractivity contribution in [2.24, 2.45) is 17.3 Å². The highest BCUT2D eigenvalue weighted by atomic mass is 16.2. The molecular weight excluding hydrogens is 534 g/mol. The van der Waals surface area contributed by atoms with Crippen molar-refractivity contribution in [3.05, 3.63) is 65.2 Å². The lowest BCUT2D eigenvalue weighted by Crippen LogP contribution is -2.34. The Hall–Kier alpha value is -3.15. The molecule has 0 bridgehead atoms. The number of nitrogens with zero attached hydrogens (tertiary/aromatic N) is 1. The van der Waals surface area contributed by atoms with E-state index in [1.807, 2.05) is 51.1 Å². The molecule has 0 spiro atoms. The number of benzene rings is 2. The molecule has 240 valence electrons. The van der Waals surface area contributed by atoms with Crippen LogP contribution in [0.4, 0.5) is 5.69 Å². The maximum atomic E-state index is 13.0. The van der Waals surface area contributed by atoms with Crippen LogP contribution in [0.3, 0.4) is 0 Å². The van der Waals surface area contributed by atoms with Crippen molar-refractivity contribution in [3.63, 3.8) is 0 Å². The SMILES string of the molecule is CC.CCCCc1cc(C(=O)NCC(C)CC(C)C(=O)NCCC(C)(C)C)cc(N2CCCC2=O)c1.Cc1ccccc1. The Morgan fingerprint density at radius 3 is 2.21 bits per heavy atom. The second kappa shape index (κ2) is 19.9. The van der Waals surface area contributed by atoms with Crippen LogP contribution >= 0.6 is 0 Å². The fourth-order valence-corrected chi connectivity index (χ4v) is 4.84. The molecule has 3 rings (SSSR count). The molecule has 0 radical (unpaired) electrons. The van der Waals surface area contributed by atoms with E-state index in [2.05, 4.69) is 70.4 Å². The van der Waals surface area contributed by atoms with E-state index >= 15 is 0 Å². The maximum Gasteiger partial charge on any atom is 0.251 e. The van der Waals surface area contributed by atoms with Crippen molar-refractivity contribution in [1.29, 1.82) is 0 Å². The number of nitrogens with one attached hydrogen (secondary N) is 2. The van der Waals surface area contributed by atoms with Gasteiger partial charge in [0.2, 0.25) is 11.8 Å². The van der Waals surface area contributed by atoms with Gasteiger partial charge in [-0.1, -0.05) is 97.7 Å². The molecule has 1 heterocycles. The molecular formula is C37H59N3O3. The minimum Gasteiger partial charge on any atom is -0.356 e. The summed E-state index contributed by atoms with van der Waals surface area (Å²) in [5, 5.41) is 6.08. The van der Waals surface area contributed by atoms with Gasteiger partial charge in [-0.05, 0) is 74.1 Å². The number of aryl methyl sites for hydroxylation is 2. The molecule has 2 atom stereocenters. The molecule has 6 heteroatoms. The summed E-state index contributed by atoms with van der Waals surface area (Å²) in [7, 11) is 0. The number of amides is 3. The van der Waals surface area contributed by atoms with Crippen molar-refractivity contribution >= 4 is 23.4 Å². The minimum atomic E-state index is -0.125. The van der Waals surface area contributed by atoms with Crippen LogP contribution in [0.25, 0.3) is 0 Å². The third-order valence-electron chi connectivity index (χ3n) is 7.37. The molecule has 0 saturated carbocycles. The molecule has 2 aromatic carbocycles. The van der Waals surface area contributed by atoms with Crippen LogP contribution in [0.15, 0.2) is 48.5 Å². The van der Waals surface area contributed by atoms with Crippen molar-refractivity contribution < 1.29 is 14.4 Å². The zero-order chi connectivity index (χ0) is 32.4. The third-order valence-corrected chi connectivity index (χ3v) is 7.37. The Bertz CT molecular complexity index is 1110. The Balaban J connectivity index is 0.000000883. The standard InChI is InChI=1S/C28H45N3O3.C7H8.C2H6/c1-7-8-10-22-16-23(18-24(17-22)31-14-9-11-25(31)32)27(34)30-19-20(2)15-21(3)26(33)29-13-12-28(4,5)6;1-7-5-3-2-4-6-7;1-2/h16-18,20-21H,7-15,19H2,1-6H3,(H,29,33)(H,30,34);2-6H,1H3;1-2H3. The van der Waals surface area contributed by atoms with Gasteiger partial charge in [0.05, 0.1) is 0 Å². The number of unbranched alkanes of at least 4 members (excludes halogenated alkanes) is 1. The molecule has 1 aliphatic heterocycles. The number of carbonyl (C=O) groups is 3. The highest BCUT2D eigenvalue weighted by molar-refractivity contribution is 5.99. The highest BCUT2D eigenvalue weighted by Crippen LogP contribution is 2.25. The van der Waals surface area contributed by atoms with Gasteiger partial charge >= 0.3 is 0 Å². The zero-order valence-electron chi connectivity index (χ0n) is 28.5. The maximum absolute atomic E-state index is 13.0. The van der Waals surface area contributed by atoms with Crippen molar-refractivity contribution in [1.82, 2.24) is 10.6 Å². The third kappa shape index (κ3) is 15.2. The lowest BCUT2D eigenvalue weighted by Gasteiger charge is -2.21. The van der Waals surface area contributed by atoms with Crippen LogP contribution in [-0.4, -0.2) is 37.4 Å². The van der Waals surface area contributed by atoms with Crippen molar-refractivity contribution in [2.45, 2.75) is 107 Å². The summed E-state index contributed by atoms with van der Waals surface area (Å²) in [6.07, 6.45) is 6.11.